The first-order valence-corrected chi connectivity index (χ1v) is 6.05. The standard InChI is InChI=1S/C13H22O5/c1-3-15-9-5-7-11-17-13(14)18-12-8-6-10-16-4-2/h3-4H,1-2,5-12H2. The molecule has 0 amide bonds. The molecule has 0 atom stereocenters. The fraction of sp³-hybridized carbons (Fsp3) is 0.615. The van der Waals surface area contributed by atoms with Gasteiger partial charge in [-0.2, -0.15) is 0 Å². The molecule has 0 aliphatic rings. The van der Waals surface area contributed by atoms with Crippen molar-refractivity contribution in [2.75, 3.05) is 26.4 Å². The summed E-state index contributed by atoms with van der Waals surface area (Å²) in [5.74, 6) is 0. The van der Waals surface area contributed by atoms with Gasteiger partial charge in [-0.3, -0.25) is 0 Å². The Balaban J connectivity index is 3.17. The molecule has 0 rings (SSSR count). The third-order valence-electron chi connectivity index (χ3n) is 1.99. The van der Waals surface area contributed by atoms with E-state index in [9.17, 15) is 4.79 Å². The number of carbonyl (C=O) groups is 1. The van der Waals surface area contributed by atoms with Gasteiger partial charge < -0.3 is 18.9 Å². The van der Waals surface area contributed by atoms with Crippen LogP contribution in [-0.2, 0) is 18.9 Å². The van der Waals surface area contributed by atoms with Crippen molar-refractivity contribution in [3.05, 3.63) is 25.7 Å². The highest BCUT2D eigenvalue weighted by Crippen LogP contribution is 1.96. The second kappa shape index (κ2) is 13.4. The Morgan fingerprint density at radius 3 is 1.56 bits per heavy atom. The van der Waals surface area contributed by atoms with Gasteiger partial charge in [0.05, 0.1) is 39.0 Å². The molecule has 0 N–H and O–H groups in total. The van der Waals surface area contributed by atoms with Crippen molar-refractivity contribution in [1.82, 2.24) is 0 Å². The molecule has 104 valence electrons. The van der Waals surface area contributed by atoms with E-state index in [2.05, 4.69) is 13.2 Å². The Bertz CT molecular complexity index is 205. The average molecular weight is 258 g/mol. The van der Waals surface area contributed by atoms with E-state index in [-0.39, 0.29) is 0 Å². The highest BCUT2D eigenvalue weighted by molar-refractivity contribution is 5.59. The molecule has 0 bridgehead atoms. The van der Waals surface area contributed by atoms with Crippen LogP contribution in [0.2, 0.25) is 0 Å². The molecule has 0 spiro atoms. The molecule has 0 unspecified atom stereocenters. The van der Waals surface area contributed by atoms with E-state index < -0.39 is 6.16 Å². The minimum Gasteiger partial charge on any atom is -0.502 e. The zero-order valence-electron chi connectivity index (χ0n) is 10.8. The van der Waals surface area contributed by atoms with E-state index >= 15 is 0 Å². The van der Waals surface area contributed by atoms with E-state index in [1.54, 1.807) is 0 Å². The first-order chi connectivity index (χ1) is 8.81. The van der Waals surface area contributed by atoms with E-state index in [4.69, 9.17) is 18.9 Å². The van der Waals surface area contributed by atoms with Crippen LogP contribution in [0.25, 0.3) is 0 Å². The molecule has 0 saturated heterocycles. The number of hydrogen-bond donors (Lipinski definition) is 0. The van der Waals surface area contributed by atoms with Crippen LogP contribution in [0.15, 0.2) is 25.7 Å². The van der Waals surface area contributed by atoms with Crippen LogP contribution in [0.5, 0.6) is 0 Å². The second-order valence-electron chi connectivity index (χ2n) is 3.44. The van der Waals surface area contributed by atoms with Gasteiger partial charge in [-0.15, -0.1) is 0 Å². The van der Waals surface area contributed by atoms with E-state index in [1.807, 2.05) is 0 Å². The number of unbranched alkanes of at least 4 members (excludes halogenated alkanes) is 2. The highest BCUT2D eigenvalue weighted by Gasteiger charge is 2.02. The topological polar surface area (TPSA) is 54.0 Å². The molecular formula is C13H22O5. The third-order valence-corrected chi connectivity index (χ3v) is 1.99. The van der Waals surface area contributed by atoms with Gasteiger partial charge in [-0.05, 0) is 25.7 Å². The number of hydrogen-bond acceptors (Lipinski definition) is 5. The van der Waals surface area contributed by atoms with Gasteiger partial charge in [-0.25, -0.2) is 4.79 Å². The van der Waals surface area contributed by atoms with Crippen LogP contribution in [0.3, 0.4) is 0 Å². The predicted octanol–water partition coefficient (Wildman–Crippen LogP) is 3.02. The molecule has 0 fully saturated rings. The second-order valence-corrected chi connectivity index (χ2v) is 3.44. The number of rotatable bonds is 12. The van der Waals surface area contributed by atoms with Crippen LogP contribution in [0.1, 0.15) is 25.7 Å². The van der Waals surface area contributed by atoms with E-state index in [1.165, 1.54) is 12.5 Å². The maximum atomic E-state index is 11.1. The largest absolute Gasteiger partial charge is 0.508 e. The summed E-state index contributed by atoms with van der Waals surface area (Å²) in [6, 6.07) is 0. The molecule has 5 nitrogen and oxygen atoms in total. The first kappa shape index (κ1) is 16.4. The van der Waals surface area contributed by atoms with Crippen molar-refractivity contribution >= 4 is 6.16 Å². The van der Waals surface area contributed by atoms with E-state index in [0.717, 1.165) is 25.7 Å². The minimum atomic E-state index is -0.621. The molecule has 0 aromatic rings. The maximum Gasteiger partial charge on any atom is 0.508 e. The summed E-state index contributed by atoms with van der Waals surface area (Å²) in [6.07, 6.45) is 5.29. The zero-order chi connectivity index (χ0) is 13.5. The van der Waals surface area contributed by atoms with Crippen LogP contribution >= 0.6 is 0 Å². The Labute approximate surface area is 108 Å². The van der Waals surface area contributed by atoms with Gasteiger partial charge in [0.1, 0.15) is 0 Å². The molecule has 0 radical (unpaired) electrons. The lowest BCUT2D eigenvalue weighted by Crippen LogP contribution is -2.10. The van der Waals surface area contributed by atoms with Crippen molar-refractivity contribution in [3.8, 4) is 0 Å². The molecule has 0 aliphatic carbocycles. The van der Waals surface area contributed by atoms with Crippen LogP contribution in [-0.4, -0.2) is 32.6 Å². The van der Waals surface area contributed by atoms with Gasteiger partial charge in [0.25, 0.3) is 0 Å². The van der Waals surface area contributed by atoms with Gasteiger partial charge in [-0.1, -0.05) is 13.2 Å². The SMILES string of the molecule is C=COCCCCOC(=O)OCCCCOC=C. The summed E-state index contributed by atoms with van der Waals surface area (Å²) < 4.78 is 19.6. The molecular weight excluding hydrogens is 236 g/mol. The molecule has 18 heavy (non-hydrogen) atoms. The van der Waals surface area contributed by atoms with Gasteiger partial charge >= 0.3 is 6.16 Å². The lowest BCUT2D eigenvalue weighted by Gasteiger charge is -2.06. The monoisotopic (exact) mass is 258 g/mol. The summed E-state index contributed by atoms with van der Waals surface area (Å²) in [6.45, 7) is 8.72. The average Bonchev–Trinajstić information content (AvgIpc) is 2.38. The summed E-state index contributed by atoms with van der Waals surface area (Å²) in [7, 11) is 0. The summed E-state index contributed by atoms with van der Waals surface area (Å²) >= 11 is 0. The smallest absolute Gasteiger partial charge is 0.502 e. The minimum absolute atomic E-state index is 0.346. The quantitative estimate of drug-likeness (QED) is 0.306. The van der Waals surface area contributed by atoms with E-state index in [0.29, 0.717) is 26.4 Å². The number of ether oxygens (including phenoxy) is 4. The third kappa shape index (κ3) is 12.4. The summed E-state index contributed by atoms with van der Waals surface area (Å²) in [5, 5.41) is 0. The summed E-state index contributed by atoms with van der Waals surface area (Å²) in [4.78, 5) is 11.1. The van der Waals surface area contributed by atoms with Crippen molar-refractivity contribution in [2.45, 2.75) is 25.7 Å². The van der Waals surface area contributed by atoms with Crippen LogP contribution in [0, 0.1) is 0 Å². The molecule has 0 aromatic carbocycles. The number of carbonyl (C=O) groups excluding carboxylic acids is 1. The lowest BCUT2D eigenvalue weighted by molar-refractivity contribution is 0.0509. The van der Waals surface area contributed by atoms with Crippen LogP contribution < -0.4 is 0 Å². The fourth-order valence-electron chi connectivity index (χ4n) is 1.09. The molecule has 0 saturated carbocycles. The van der Waals surface area contributed by atoms with Crippen molar-refractivity contribution in [3.63, 3.8) is 0 Å². The molecule has 0 heterocycles. The predicted molar refractivity (Wildman–Crippen MR) is 68.1 cm³/mol. The van der Waals surface area contributed by atoms with Gasteiger partial charge in [0, 0.05) is 0 Å². The Morgan fingerprint density at radius 2 is 1.17 bits per heavy atom. The fourth-order valence-corrected chi connectivity index (χ4v) is 1.09. The summed E-state index contributed by atoms with van der Waals surface area (Å²) in [5.41, 5.74) is 0. The highest BCUT2D eigenvalue weighted by atomic mass is 16.7. The molecule has 0 aromatic heterocycles. The zero-order valence-corrected chi connectivity index (χ0v) is 10.8. The Hall–Kier alpha value is -1.65. The van der Waals surface area contributed by atoms with Crippen molar-refractivity contribution in [1.29, 1.82) is 0 Å². The first-order valence-electron chi connectivity index (χ1n) is 6.05. The van der Waals surface area contributed by atoms with Gasteiger partial charge in [0.2, 0.25) is 0 Å². The van der Waals surface area contributed by atoms with Gasteiger partial charge in [0.15, 0.2) is 0 Å². The normalized spacial score (nSPS) is 9.33. The van der Waals surface area contributed by atoms with Crippen LogP contribution in [0.4, 0.5) is 4.79 Å². The lowest BCUT2D eigenvalue weighted by atomic mass is 10.3. The molecule has 5 heteroatoms. The Kier molecular flexibility index (Phi) is 12.2. The Morgan fingerprint density at radius 1 is 0.778 bits per heavy atom. The van der Waals surface area contributed by atoms with Crippen molar-refractivity contribution < 1.29 is 23.7 Å². The maximum absolute atomic E-state index is 11.1. The van der Waals surface area contributed by atoms with Crippen molar-refractivity contribution in [2.24, 2.45) is 0 Å². The molecule has 0 aliphatic heterocycles.